The van der Waals surface area contributed by atoms with Crippen LogP contribution in [0, 0.1) is 5.41 Å². The van der Waals surface area contributed by atoms with Crippen LogP contribution >= 0.6 is 0 Å². The number of benzene rings is 1. The van der Waals surface area contributed by atoms with Crippen LogP contribution in [0.15, 0.2) is 41.0 Å². The van der Waals surface area contributed by atoms with Crippen molar-refractivity contribution in [3.63, 3.8) is 0 Å². The Bertz CT molecular complexity index is 751. The molecule has 3 N–H and O–H groups in total. The first kappa shape index (κ1) is 18.6. The van der Waals surface area contributed by atoms with Gasteiger partial charge in [-0.15, -0.1) is 0 Å². The third-order valence-electron chi connectivity index (χ3n) is 5.07. The number of likely N-dealkylation sites (N-methyl/N-ethyl adjacent to an activating group) is 1. The SMILES string of the molecule is CNC1CC(c2nc(-c3ccccc3)co2)N(C(=O)C(N)C(C)(C)C)C1. The lowest BCUT2D eigenvalue weighted by Crippen LogP contribution is -2.50. The molecule has 1 aliphatic rings. The van der Waals surface area contributed by atoms with E-state index in [2.05, 4.69) is 10.3 Å². The molecule has 3 unspecified atom stereocenters. The van der Waals surface area contributed by atoms with Gasteiger partial charge in [0.25, 0.3) is 0 Å². The van der Waals surface area contributed by atoms with E-state index in [1.54, 1.807) is 6.26 Å². The van der Waals surface area contributed by atoms with Crippen LogP contribution in [0.3, 0.4) is 0 Å². The molecule has 1 aromatic heterocycles. The molecule has 0 aliphatic carbocycles. The Morgan fingerprint density at radius 1 is 1.35 bits per heavy atom. The molecule has 2 heterocycles. The van der Waals surface area contributed by atoms with Crippen molar-refractivity contribution in [1.82, 2.24) is 15.2 Å². The first-order valence-electron chi connectivity index (χ1n) is 9.05. The van der Waals surface area contributed by atoms with Crippen LogP contribution in [0.2, 0.25) is 0 Å². The summed E-state index contributed by atoms with van der Waals surface area (Å²) in [5.41, 5.74) is 7.71. The Morgan fingerprint density at radius 3 is 2.65 bits per heavy atom. The molecule has 26 heavy (non-hydrogen) atoms. The zero-order chi connectivity index (χ0) is 18.9. The van der Waals surface area contributed by atoms with Crippen LogP contribution in [0.25, 0.3) is 11.3 Å². The van der Waals surface area contributed by atoms with Gasteiger partial charge in [-0.1, -0.05) is 51.1 Å². The smallest absolute Gasteiger partial charge is 0.240 e. The Balaban J connectivity index is 1.87. The Labute approximate surface area is 154 Å². The second kappa shape index (κ2) is 7.21. The summed E-state index contributed by atoms with van der Waals surface area (Å²) in [6.45, 7) is 6.55. The van der Waals surface area contributed by atoms with Crippen molar-refractivity contribution >= 4 is 5.91 Å². The quantitative estimate of drug-likeness (QED) is 0.879. The molecule has 1 amide bonds. The minimum Gasteiger partial charge on any atom is -0.446 e. The molecule has 3 atom stereocenters. The fourth-order valence-corrected chi connectivity index (χ4v) is 3.25. The lowest BCUT2D eigenvalue weighted by Gasteiger charge is -2.32. The molecule has 1 fully saturated rings. The molecule has 1 aliphatic heterocycles. The van der Waals surface area contributed by atoms with Crippen molar-refractivity contribution in [3.05, 3.63) is 42.5 Å². The van der Waals surface area contributed by atoms with Crippen LogP contribution in [0.1, 0.15) is 39.1 Å². The molecule has 2 aromatic rings. The monoisotopic (exact) mass is 356 g/mol. The van der Waals surface area contributed by atoms with Crippen molar-refractivity contribution in [2.45, 2.75) is 45.3 Å². The molecule has 0 radical (unpaired) electrons. The lowest BCUT2D eigenvalue weighted by molar-refractivity contribution is -0.136. The first-order chi connectivity index (χ1) is 12.3. The van der Waals surface area contributed by atoms with E-state index in [1.807, 2.05) is 63.1 Å². The summed E-state index contributed by atoms with van der Waals surface area (Å²) in [4.78, 5) is 19.5. The third-order valence-corrected chi connectivity index (χ3v) is 5.07. The largest absolute Gasteiger partial charge is 0.446 e. The van der Waals surface area contributed by atoms with Crippen LogP contribution < -0.4 is 11.1 Å². The summed E-state index contributed by atoms with van der Waals surface area (Å²) in [6, 6.07) is 9.31. The third kappa shape index (κ3) is 3.66. The highest BCUT2D eigenvalue weighted by molar-refractivity contribution is 5.83. The minimum atomic E-state index is -0.566. The summed E-state index contributed by atoms with van der Waals surface area (Å²) in [5.74, 6) is 0.510. The van der Waals surface area contributed by atoms with Crippen LogP contribution in [-0.4, -0.2) is 41.5 Å². The maximum absolute atomic E-state index is 13.0. The van der Waals surface area contributed by atoms with Gasteiger partial charge in [0.1, 0.15) is 18.0 Å². The van der Waals surface area contributed by atoms with Crippen LogP contribution in [0.4, 0.5) is 0 Å². The highest BCUT2D eigenvalue weighted by atomic mass is 16.3. The van der Waals surface area contributed by atoms with Crippen molar-refractivity contribution in [1.29, 1.82) is 0 Å². The number of amides is 1. The maximum atomic E-state index is 13.0. The van der Waals surface area contributed by atoms with Crippen molar-refractivity contribution in [2.75, 3.05) is 13.6 Å². The summed E-state index contributed by atoms with van der Waals surface area (Å²) >= 11 is 0. The van der Waals surface area contributed by atoms with Gasteiger partial charge in [-0.2, -0.15) is 0 Å². The fraction of sp³-hybridized carbons (Fsp3) is 0.500. The van der Waals surface area contributed by atoms with Gasteiger partial charge in [0.2, 0.25) is 11.8 Å². The Hall–Kier alpha value is -2.18. The summed E-state index contributed by atoms with van der Waals surface area (Å²) in [7, 11) is 1.91. The van der Waals surface area contributed by atoms with Gasteiger partial charge >= 0.3 is 0 Å². The molecular formula is C20H28N4O2. The number of aromatic nitrogens is 1. The number of carbonyl (C=O) groups is 1. The van der Waals surface area contributed by atoms with E-state index in [0.29, 0.717) is 12.4 Å². The molecule has 0 saturated carbocycles. The molecular weight excluding hydrogens is 328 g/mol. The fourth-order valence-electron chi connectivity index (χ4n) is 3.25. The molecule has 1 saturated heterocycles. The average molecular weight is 356 g/mol. The van der Waals surface area contributed by atoms with E-state index in [9.17, 15) is 4.79 Å². The summed E-state index contributed by atoms with van der Waals surface area (Å²) < 4.78 is 5.77. The van der Waals surface area contributed by atoms with E-state index in [4.69, 9.17) is 10.2 Å². The van der Waals surface area contributed by atoms with E-state index in [1.165, 1.54) is 0 Å². The highest BCUT2D eigenvalue weighted by Crippen LogP contribution is 2.35. The Kier molecular flexibility index (Phi) is 5.16. The number of oxazole rings is 1. The predicted octanol–water partition coefficient (Wildman–Crippen LogP) is 2.58. The van der Waals surface area contributed by atoms with Crippen LogP contribution in [-0.2, 0) is 4.79 Å². The van der Waals surface area contributed by atoms with E-state index in [0.717, 1.165) is 17.7 Å². The van der Waals surface area contributed by atoms with Gasteiger partial charge < -0.3 is 20.4 Å². The van der Waals surface area contributed by atoms with Crippen LogP contribution in [0.5, 0.6) is 0 Å². The van der Waals surface area contributed by atoms with Crippen molar-refractivity contribution in [2.24, 2.45) is 11.1 Å². The van der Waals surface area contributed by atoms with E-state index in [-0.39, 0.29) is 23.4 Å². The Morgan fingerprint density at radius 2 is 2.04 bits per heavy atom. The van der Waals surface area contributed by atoms with Crippen molar-refractivity contribution < 1.29 is 9.21 Å². The minimum absolute atomic E-state index is 0.0558. The number of likely N-dealkylation sites (tertiary alicyclic amines) is 1. The molecule has 3 rings (SSSR count). The number of rotatable bonds is 4. The molecule has 0 bridgehead atoms. The zero-order valence-corrected chi connectivity index (χ0v) is 15.9. The molecule has 140 valence electrons. The molecule has 1 aromatic carbocycles. The number of hydrogen-bond acceptors (Lipinski definition) is 5. The number of carbonyl (C=O) groups excluding carboxylic acids is 1. The van der Waals surface area contributed by atoms with Gasteiger partial charge in [0.05, 0.1) is 6.04 Å². The van der Waals surface area contributed by atoms with E-state index >= 15 is 0 Å². The maximum Gasteiger partial charge on any atom is 0.240 e. The van der Waals surface area contributed by atoms with Gasteiger partial charge in [-0.05, 0) is 18.9 Å². The molecule has 6 nitrogen and oxygen atoms in total. The number of nitrogens with zero attached hydrogens (tertiary/aromatic N) is 2. The summed E-state index contributed by atoms with van der Waals surface area (Å²) in [6.07, 6.45) is 2.41. The molecule has 0 spiro atoms. The summed E-state index contributed by atoms with van der Waals surface area (Å²) in [5, 5.41) is 3.26. The van der Waals surface area contributed by atoms with E-state index < -0.39 is 6.04 Å². The number of nitrogens with two attached hydrogens (primary N) is 1. The van der Waals surface area contributed by atoms with Gasteiger partial charge in [-0.25, -0.2) is 4.98 Å². The van der Waals surface area contributed by atoms with Gasteiger partial charge in [0, 0.05) is 18.2 Å². The highest BCUT2D eigenvalue weighted by Gasteiger charge is 2.42. The lowest BCUT2D eigenvalue weighted by atomic mass is 9.86. The number of hydrogen-bond donors (Lipinski definition) is 2. The first-order valence-corrected chi connectivity index (χ1v) is 9.05. The second-order valence-electron chi connectivity index (χ2n) is 8.01. The predicted molar refractivity (Wildman–Crippen MR) is 101 cm³/mol. The van der Waals surface area contributed by atoms with Crippen molar-refractivity contribution in [3.8, 4) is 11.3 Å². The zero-order valence-electron chi connectivity index (χ0n) is 15.9. The van der Waals surface area contributed by atoms with Gasteiger partial charge in [0.15, 0.2) is 0 Å². The number of nitrogens with one attached hydrogen (secondary N) is 1. The second-order valence-corrected chi connectivity index (χ2v) is 8.01. The molecule has 6 heteroatoms. The van der Waals surface area contributed by atoms with Gasteiger partial charge in [-0.3, -0.25) is 4.79 Å². The standard InChI is InChI=1S/C20H28N4O2/c1-20(2,3)17(21)19(25)24-11-14(22-4)10-16(24)18-23-15(12-26-18)13-8-6-5-7-9-13/h5-9,12,14,16-17,22H,10-11,21H2,1-4H3. The normalized spacial score (nSPS) is 21.8. The topological polar surface area (TPSA) is 84.4 Å². The average Bonchev–Trinajstić information content (AvgIpc) is 3.27.